The molecule has 30 heavy (non-hydrogen) atoms. The van der Waals surface area contributed by atoms with E-state index in [9.17, 15) is 0 Å². The van der Waals surface area contributed by atoms with Crippen molar-refractivity contribution < 1.29 is 0 Å². The summed E-state index contributed by atoms with van der Waals surface area (Å²) in [7, 11) is 0. The molecule has 4 rings (SSSR count). The number of piperidine rings is 1. The Labute approximate surface area is 195 Å². The van der Waals surface area contributed by atoms with Gasteiger partial charge in [0.15, 0.2) is 5.96 Å². The fraction of sp³-hybridized carbons (Fsp3) is 0.500. The molecule has 7 nitrogen and oxygen atoms in total. The number of hydrogen-bond acceptors (Lipinski definition) is 3. The number of imidazole rings is 2. The van der Waals surface area contributed by atoms with E-state index >= 15 is 0 Å². The number of aliphatic imine (C=N–C) groups is 1. The first kappa shape index (κ1) is 22.6. The number of benzene rings is 1. The Balaban J connectivity index is 0.00000256. The van der Waals surface area contributed by atoms with Gasteiger partial charge in [0.1, 0.15) is 5.82 Å². The van der Waals surface area contributed by atoms with E-state index in [1.165, 1.54) is 5.52 Å². The van der Waals surface area contributed by atoms with Crippen LogP contribution >= 0.6 is 24.0 Å². The van der Waals surface area contributed by atoms with Gasteiger partial charge in [-0.25, -0.2) is 9.97 Å². The summed E-state index contributed by atoms with van der Waals surface area (Å²) in [6, 6.07) is 8.73. The minimum atomic E-state index is 0. The van der Waals surface area contributed by atoms with Crippen LogP contribution in [0.25, 0.3) is 11.0 Å². The number of likely N-dealkylation sites (tertiary alicyclic amines) is 1. The van der Waals surface area contributed by atoms with Gasteiger partial charge in [-0.1, -0.05) is 19.1 Å². The zero-order chi connectivity index (χ0) is 20.2. The van der Waals surface area contributed by atoms with Crippen LogP contribution in [0.15, 0.2) is 48.0 Å². The fourth-order valence-corrected chi connectivity index (χ4v) is 4.25. The maximum atomic E-state index is 4.96. The van der Waals surface area contributed by atoms with E-state index in [4.69, 9.17) is 4.99 Å². The van der Waals surface area contributed by atoms with E-state index in [0.29, 0.717) is 12.0 Å². The monoisotopic (exact) mass is 521 g/mol. The number of aryl methyl sites for hydroxylation is 1. The first-order chi connectivity index (χ1) is 14.2. The van der Waals surface area contributed by atoms with Crippen molar-refractivity contribution in [1.82, 2.24) is 29.3 Å². The van der Waals surface area contributed by atoms with Crippen LogP contribution < -0.4 is 5.32 Å². The summed E-state index contributed by atoms with van der Waals surface area (Å²) in [6.45, 7) is 10.9. The highest BCUT2D eigenvalue weighted by Crippen LogP contribution is 2.27. The molecule has 0 bridgehead atoms. The molecule has 0 spiro atoms. The Morgan fingerprint density at radius 1 is 1.30 bits per heavy atom. The molecular formula is C22H32IN7. The summed E-state index contributed by atoms with van der Waals surface area (Å²) in [4.78, 5) is 16.3. The molecule has 2 atom stereocenters. The molecule has 1 fully saturated rings. The van der Waals surface area contributed by atoms with Gasteiger partial charge in [-0.2, -0.15) is 0 Å². The van der Waals surface area contributed by atoms with Crippen LogP contribution in [0.4, 0.5) is 0 Å². The highest BCUT2D eigenvalue weighted by molar-refractivity contribution is 14.0. The largest absolute Gasteiger partial charge is 0.357 e. The predicted molar refractivity (Wildman–Crippen MR) is 132 cm³/mol. The maximum Gasteiger partial charge on any atom is 0.194 e. The Morgan fingerprint density at radius 3 is 2.90 bits per heavy atom. The van der Waals surface area contributed by atoms with Crippen molar-refractivity contribution in [2.75, 3.05) is 26.2 Å². The van der Waals surface area contributed by atoms with Gasteiger partial charge >= 0.3 is 0 Å². The summed E-state index contributed by atoms with van der Waals surface area (Å²) in [5, 5.41) is 3.49. The number of fused-ring (bicyclic) bond motifs is 1. The summed E-state index contributed by atoms with van der Waals surface area (Å²) in [5.41, 5.74) is 2.23. The number of hydrogen-bond donors (Lipinski definition) is 1. The smallest absolute Gasteiger partial charge is 0.194 e. The third-order valence-corrected chi connectivity index (χ3v) is 5.89. The van der Waals surface area contributed by atoms with Gasteiger partial charge < -0.3 is 19.4 Å². The molecule has 0 radical (unpaired) electrons. The van der Waals surface area contributed by atoms with Gasteiger partial charge in [-0.3, -0.25) is 4.99 Å². The van der Waals surface area contributed by atoms with Gasteiger partial charge in [-0.15, -0.1) is 24.0 Å². The molecule has 162 valence electrons. The lowest BCUT2D eigenvalue weighted by Crippen LogP contribution is -2.49. The van der Waals surface area contributed by atoms with Crippen molar-refractivity contribution in [1.29, 1.82) is 0 Å². The highest BCUT2D eigenvalue weighted by Gasteiger charge is 2.28. The van der Waals surface area contributed by atoms with Crippen LogP contribution in [-0.2, 0) is 6.54 Å². The molecule has 1 N–H and O–H groups in total. The Hall–Kier alpha value is -2.10. The molecule has 1 aliphatic heterocycles. The molecule has 2 unspecified atom stereocenters. The number of nitrogens with one attached hydrogen (secondary N) is 1. The zero-order valence-corrected chi connectivity index (χ0v) is 20.4. The number of nitrogens with zero attached hydrogens (tertiary/aromatic N) is 6. The van der Waals surface area contributed by atoms with Crippen molar-refractivity contribution in [3.05, 3.63) is 48.8 Å². The Kier molecular flexibility index (Phi) is 7.74. The second-order valence-corrected chi connectivity index (χ2v) is 7.82. The topological polar surface area (TPSA) is 63.3 Å². The number of halogens is 1. The molecule has 0 saturated carbocycles. The first-order valence-electron chi connectivity index (χ1n) is 10.6. The summed E-state index contributed by atoms with van der Waals surface area (Å²) < 4.78 is 4.50. The fourth-order valence-electron chi connectivity index (χ4n) is 4.25. The van der Waals surface area contributed by atoms with Crippen LogP contribution in [0.1, 0.15) is 32.1 Å². The molecular weight excluding hydrogens is 489 g/mol. The van der Waals surface area contributed by atoms with E-state index in [-0.39, 0.29) is 24.0 Å². The molecule has 2 aromatic heterocycles. The molecule has 0 aliphatic carbocycles. The lowest BCUT2D eigenvalue weighted by Gasteiger charge is -2.39. The maximum absolute atomic E-state index is 4.96. The van der Waals surface area contributed by atoms with Crippen molar-refractivity contribution in [3.8, 4) is 0 Å². The molecule has 8 heteroatoms. The van der Waals surface area contributed by atoms with Gasteiger partial charge in [0.25, 0.3) is 0 Å². The first-order valence-corrected chi connectivity index (χ1v) is 10.6. The molecule has 3 heterocycles. The van der Waals surface area contributed by atoms with Gasteiger partial charge in [-0.05, 0) is 38.3 Å². The lowest BCUT2D eigenvalue weighted by molar-refractivity contribution is 0.189. The van der Waals surface area contributed by atoms with Gasteiger partial charge in [0.05, 0.1) is 29.9 Å². The van der Waals surface area contributed by atoms with Gasteiger partial charge in [0, 0.05) is 38.6 Å². The lowest BCUT2D eigenvalue weighted by atomic mass is 9.93. The Bertz CT molecular complexity index is 963. The summed E-state index contributed by atoms with van der Waals surface area (Å²) in [5.74, 6) is 2.67. The van der Waals surface area contributed by atoms with Crippen LogP contribution in [0.2, 0.25) is 0 Å². The normalized spacial score (nSPS) is 19.7. The van der Waals surface area contributed by atoms with E-state index < -0.39 is 0 Å². The van der Waals surface area contributed by atoms with Crippen LogP contribution in [0.5, 0.6) is 0 Å². The van der Waals surface area contributed by atoms with Crippen molar-refractivity contribution in [2.45, 2.75) is 39.8 Å². The zero-order valence-electron chi connectivity index (χ0n) is 18.0. The van der Waals surface area contributed by atoms with Crippen LogP contribution in [0.3, 0.4) is 0 Å². The van der Waals surface area contributed by atoms with Crippen molar-refractivity contribution >= 4 is 41.0 Å². The quantitative estimate of drug-likeness (QED) is 0.316. The Morgan fingerprint density at radius 2 is 2.13 bits per heavy atom. The second kappa shape index (κ2) is 10.3. The standard InChI is InChI=1S/C22H31N7.HI/c1-4-24-22(27-12-9-17(2)21(15-27)28-13-10-23-16-28)25-11-14-29-18(3)26-19-7-5-6-8-20(19)29;/h5-8,10,13,16-17,21H,4,9,11-12,14-15H2,1-3H3,(H,24,25);1H. The minimum absolute atomic E-state index is 0. The van der Waals surface area contributed by atoms with E-state index in [2.05, 4.69) is 74.5 Å². The minimum Gasteiger partial charge on any atom is -0.357 e. The van der Waals surface area contributed by atoms with Crippen LogP contribution in [-0.4, -0.2) is 56.1 Å². The van der Waals surface area contributed by atoms with Gasteiger partial charge in [0.2, 0.25) is 0 Å². The van der Waals surface area contributed by atoms with E-state index in [1.54, 1.807) is 0 Å². The average Bonchev–Trinajstić information content (AvgIpc) is 3.36. The van der Waals surface area contributed by atoms with E-state index in [0.717, 1.165) is 56.4 Å². The second-order valence-electron chi connectivity index (χ2n) is 7.82. The number of rotatable bonds is 5. The average molecular weight is 521 g/mol. The molecule has 3 aromatic rings. The molecule has 1 saturated heterocycles. The third kappa shape index (κ3) is 4.79. The predicted octanol–water partition coefficient (Wildman–Crippen LogP) is 3.71. The number of guanidine groups is 1. The van der Waals surface area contributed by atoms with Crippen LogP contribution in [0, 0.1) is 12.8 Å². The third-order valence-electron chi connectivity index (χ3n) is 5.89. The van der Waals surface area contributed by atoms with Crippen molar-refractivity contribution in [3.63, 3.8) is 0 Å². The molecule has 1 aliphatic rings. The van der Waals surface area contributed by atoms with E-state index in [1.807, 2.05) is 18.6 Å². The summed E-state index contributed by atoms with van der Waals surface area (Å²) in [6.07, 6.45) is 7.02. The molecule has 0 amide bonds. The molecule has 1 aromatic carbocycles. The summed E-state index contributed by atoms with van der Waals surface area (Å²) >= 11 is 0. The SMILES string of the molecule is CCNC(=NCCn1c(C)nc2ccccc21)N1CCC(C)C(n2ccnc2)C1.I. The number of aromatic nitrogens is 4. The number of para-hydroxylation sites is 2. The van der Waals surface area contributed by atoms with Crippen molar-refractivity contribution in [2.24, 2.45) is 10.9 Å². The highest BCUT2D eigenvalue weighted by atomic mass is 127.